The van der Waals surface area contributed by atoms with Gasteiger partial charge in [-0.05, 0) is 73.2 Å². The van der Waals surface area contributed by atoms with Crippen LogP contribution in [0.3, 0.4) is 0 Å². The molecule has 5 rings (SSSR count). The molecular weight excluding hydrogens is 523 g/mol. The maximum absolute atomic E-state index is 14.0. The van der Waals surface area contributed by atoms with Crippen molar-refractivity contribution in [3.05, 3.63) is 99.3 Å². The summed E-state index contributed by atoms with van der Waals surface area (Å²) in [5.41, 5.74) is 7.49. The Labute approximate surface area is 229 Å². The van der Waals surface area contributed by atoms with Gasteiger partial charge in [-0.25, -0.2) is 4.98 Å². The fourth-order valence-electron chi connectivity index (χ4n) is 4.75. The number of amides is 1. The highest BCUT2D eigenvalue weighted by molar-refractivity contribution is 7.09. The number of anilines is 1. The van der Waals surface area contributed by atoms with Crippen molar-refractivity contribution in [1.29, 1.82) is 0 Å². The van der Waals surface area contributed by atoms with Crippen LogP contribution in [-0.2, 0) is 19.1 Å². The van der Waals surface area contributed by atoms with Gasteiger partial charge >= 0.3 is 6.18 Å². The summed E-state index contributed by atoms with van der Waals surface area (Å²) in [4.78, 5) is 18.0. The van der Waals surface area contributed by atoms with Crippen LogP contribution in [0.5, 0.6) is 0 Å². The lowest BCUT2D eigenvalue weighted by Gasteiger charge is -2.18. The Kier molecular flexibility index (Phi) is 7.88. The van der Waals surface area contributed by atoms with Crippen LogP contribution in [0.2, 0.25) is 0 Å². The van der Waals surface area contributed by atoms with Crippen molar-refractivity contribution in [2.75, 3.05) is 11.9 Å². The lowest BCUT2D eigenvalue weighted by molar-refractivity contribution is -0.138. The SMILES string of the molecule is CCc1c(C(F)(F)F)cc(C(=O)Nc2cccc(C(NCC3CC3)c3nccs3)c2)n1-c1cccc(CN)c1. The smallest absolute Gasteiger partial charge is 0.326 e. The average Bonchev–Trinajstić information content (AvgIpc) is 3.42. The highest BCUT2D eigenvalue weighted by atomic mass is 32.1. The van der Waals surface area contributed by atoms with Crippen LogP contribution in [0.25, 0.3) is 5.69 Å². The number of carbonyl (C=O) groups is 1. The Morgan fingerprint density at radius 2 is 1.97 bits per heavy atom. The number of nitrogens with two attached hydrogens (primary N) is 1. The van der Waals surface area contributed by atoms with Crippen LogP contribution in [-0.4, -0.2) is 22.0 Å². The fourth-order valence-corrected chi connectivity index (χ4v) is 5.49. The maximum Gasteiger partial charge on any atom is 0.418 e. The Balaban J connectivity index is 1.49. The number of hydrogen-bond acceptors (Lipinski definition) is 5. The third-order valence-corrected chi connectivity index (χ3v) is 7.70. The number of thiazole rings is 1. The van der Waals surface area contributed by atoms with Crippen LogP contribution in [0.4, 0.5) is 18.9 Å². The molecular formula is C29H30F3N5OS. The molecule has 39 heavy (non-hydrogen) atoms. The minimum Gasteiger partial charge on any atom is -0.326 e. The normalized spacial score (nSPS) is 14.4. The molecule has 4 aromatic rings. The molecule has 2 aromatic heterocycles. The van der Waals surface area contributed by atoms with Gasteiger partial charge in [-0.15, -0.1) is 11.3 Å². The topological polar surface area (TPSA) is 85.0 Å². The molecule has 2 aromatic carbocycles. The van der Waals surface area contributed by atoms with E-state index in [4.69, 9.17) is 5.73 Å². The van der Waals surface area contributed by atoms with E-state index in [9.17, 15) is 18.0 Å². The third kappa shape index (κ3) is 6.08. The molecule has 6 nitrogen and oxygen atoms in total. The van der Waals surface area contributed by atoms with E-state index in [0.29, 0.717) is 17.3 Å². The third-order valence-electron chi connectivity index (χ3n) is 6.86. The molecule has 1 fully saturated rings. The quantitative estimate of drug-likeness (QED) is 0.215. The van der Waals surface area contributed by atoms with Gasteiger partial charge in [0.2, 0.25) is 0 Å². The predicted octanol–water partition coefficient (Wildman–Crippen LogP) is 6.32. The molecule has 1 atom stereocenters. The van der Waals surface area contributed by atoms with Gasteiger partial charge in [-0.1, -0.05) is 31.2 Å². The summed E-state index contributed by atoms with van der Waals surface area (Å²) in [6.45, 7) is 2.74. The van der Waals surface area contributed by atoms with E-state index >= 15 is 0 Å². The van der Waals surface area contributed by atoms with Gasteiger partial charge in [0.15, 0.2) is 0 Å². The number of hydrogen-bond donors (Lipinski definition) is 3. The first-order valence-corrected chi connectivity index (χ1v) is 13.8. The van der Waals surface area contributed by atoms with Crippen molar-refractivity contribution in [3.8, 4) is 5.69 Å². The first kappa shape index (κ1) is 27.1. The average molecular weight is 554 g/mol. The van der Waals surface area contributed by atoms with Gasteiger partial charge in [-0.3, -0.25) is 4.79 Å². The van der Waals surface area contributed by atoms with Crippen LogP contribution < -0.4 is 16.4 Å². The summed E-state index contributed by atoms with van der Waals surface area (Å²) in [6.07, 6.45) is -0.338. The van der Waals surface area contributed by atoms with Gasteiger partial charge in [0, 0.05) is 35.2 Å². The largest absolute Gasteiger partial charge is 0.418 e. The number of aromatic nitrogens is 2. The zero-order chi connectivity index (χ0) is 27.6. The zero-order valence-electron chi connectivity index (χ0n) is 21.5. The number of alkyl halides is 3. The highest BCUT2D eigenvalue weighted by Crippen LogP contribution is 2.37. The molecule has 0 bridgehead atoms. The molecule has 1 aliphatic rings. The van der Waals surface area contributed by atoms with Gasteiger partial charge < -0.3 is 20.9 Å². The fraction of sp³-hybridized carbons (Fsp3) is 0.310. The van der Waals surface area contributed by atoms with E-state index in [1.807, 2.05) is 23.6 Å². The van der Waals surface area contributed by atoms with E-state index in [2.05, 4.69) is 15.6 Å². The Morgan fingerprint density at radius 3 is 2.64 bits per heavy atom. The van der Waals surface area contributed by atoms with Crippen LogP contribution in [0, 0.1) is 5.92 Å². The molecule has 10 heteroatoms. The van der Waals surface area contributed by atoms with Gasteiger partial charge in [0.25, 0.3) is 5.91 Å². The van der Waals surface area contributed by atoms with Crippen LogP contribution in [0.1, 0.15) is 63.7 Å². The van der Waals surface area contributed by atoms with E-state index < -0.39 is 17.6 Å². The summed E-state index contributed by atoms with van der Waals surface area (Å²) >= 11 is 1.55. The summed E-state index contributed by atoms with van der Waals surface area (Å²) in [6, 6.07) is 15.1. The zero-order valence-corrected chi connectivity index (χ0v) is 22.3. The monoisotopic (exact) mass is 553 g/mol. The molecule has 4 N–H and O–H groups in total. The molecule has 0 aliphatic heterocycles. The first-order valence-electron chi connectivity index (χ1n) is 12.9. The van der Waals surface area contributed by atoms with Crippen molar-refractivity contribution < 1.29 is 18.0 Å². The standard InChI is InChI=1S/C29H30F3N5OS/c1-2-24-23(29(30,31)32)15-25(37(24)22-8-3-5-19(13-22)16-33)27(38)36-21-7-4-6-20(14-21)26(28-34-11-12-39-28)35-17-18-9-10-18/h3-8,11-15,18,26,35H,2,9-10,16-17,33H2,1H3,(H,36,38). The molecule has 1 amide bonds. The predicted molar refractivity (Wildman–Crippen MR) is 147 cm³/mol. The Bertz CT molecular complexity index is 1440. The Hall–Kier alpha value is -3.47. The van der Waals surface area contributed by atoms with Crippen molar-refractivity contribution in [2.24, 2.45) is 11.7 Å². The van der Waals surface area contributed by atoms with Crippen LogP contribution >= 0.6 is 11.3 Å². The summed E-state index contributed by atoms with van der Waals surface area (Å²) in [7, 11) is 0. The van der Waals surface area contributed by atoms with Gasteiger partial charge in [0.1, 0.15) is 10.7 Å². The second kappa shape index (κ2) is 11.3. The van der Waals surface area contributed by atoms with E-state index in [-0.39, 0.29) is 30.4 Å². The number of benzene rings is 2. The van der Waals surface area contributed by atoms with Gasteiger partial charge in [-0.2, -0.15) is 13.2 Å². The molecule has 0 spiro atoms. The molecule has 2 heterocycles. The first-order chi connectivity index (χ1) is 18.8. The lowest BCUT2D eigenvalue weighted by atomic mass is 10.1. The number of nitrogens with one attached hydrogen (secondary N) is 2. The molecule has 1 saturated carbocycles. The van der Waals surface area contributed by atoms with E-state index in [1.165, 1.54) is 17.4 Å². The second-order valence-electron chi connectivity index (χ2n) is 9.69. The molecule has 1 unspecified atom stereocenters. The lowest BCUT2D eigenvalue weighted by Crippen LogP contribution is -2.24. The van der Waals surface area contributed by atoms with Gasteiger partial charge in [0.05, 0.1) is 11.6 Å². The minimum atomic E-state index is -4.61. The number of rotatable bonds is 10. The van der Waals surface area contributed by atoms with Crippen molar-refractivity contribution >= 4 is 22.9 Å². The number of halogens is 3. The minimum absolute atomic E-state index is 0.0173. The van der Waals surface area contributed by atoms with E-state index in [1.54, 1.807) is 54.8 Å². The number of nitrogens with zero attached hydrogens (tertiary/aromatic N) is 2. The Morgan fingerprint density at radius 1 is 1.18 bits per heavy atom. The molecule has 204 valence electrons. The van der Waals surface area contributed by atoms with Crippen LogP contribution in [0.15, 0.2) is 66.2 Å². The maximum atomic E-state index is 14.0. The van der Waals surface area contributed by atoms with Crippen molar-refractivity contribution in [1.82, 2.24) is 14.9 Å². The molecule has 0 radical (unpaired) electrons. The molecule has 1 aliphatic carbocycles. The van der Waals surface area contributed by atoms with Crippen molar-refractivity contribution in [2.45, 2.75) is 44.9 Å². The van der Waals surface area contributed by atoms with Crippen molar-refractivity contribution in [3.63, 3.8) is 0 Å². The summed E-state index contributed by atoms with van der Waals surface area (Å²) < 4.78 is 43.4. The second-order valence-corrected chi connectivity index (χ2v) is 10.6. The summed E-state index contributed by atoms with van der Waals surface area (Å²) in [5, 5.41) is 9.25. The number of carbonyl (C=O) groups excluding carboxylic acids is 1. The molecule has 0 saturated heterocycles. The highest BCUT2D eigenvalue weighted by Gasteiger charge is 2.37. The summed E-state index contributed by atoms with van der Waals surface area (Å²) in [5.74, 6) is 0.0312. The van der Waals surface area contributed by atoms with E-state index in [0.717, 1.165) is 28.7 Å².